The molecule has 0 aliphatic carbocycles. The van der Waals surface area contributed by atoms with E-state index in [2.05, 4.69) is 0 Å². The first-order valence-electron chi connectivity index (χ1n) is 9.79. The highest BCUT2D eigenvalue weighted by molar-refractivity contribution is 6.51. The molecule has 1 aliphatic heterocycles. The van der Waals surface area contributed by atoms with Crippen LogP contribution >= 0.6 is 11.6 Å². The van der Waals surface area contributed by atoms with Crippen molar-refractivity contribution < 1.29 is 23.8 Å². The van der Waals surface area contributed by atoms with Gasteiger partial charge in [0.05, 0.1) is 18.7 Å². The van der Waals surface area contributed by atoms with Crippen LogP contribution in [0.25, 0.3) is 5.76 Å². The Kier molecular flexibility index (Phi) is 5.72. The first-order valence-corrected chi connectivity index (χ1v) is 10.2. The Morgan fingerprint density at radius 2 is 1.78 bits per heavy atom. The van der Waals surface area contributed by atoms with Gasteiger partial charge >= 0.3 is 0 Å². The molecule has 4 rings (SSSR count). The van der Waals surface area contributed by atoms with Gasteiger partial charge in [-0.25, -0.2) is 4.39 Å². The first kappa shape index (κ1) is 21.6. The molecule has 3 aromatic rings. The standard InChI is InChI=1S/C25H19ClFNO4/c1-14-12-19(32-2)10-11-20(14)23(29)21-22(15-6-8-16(26)9-7-15)28(25(31)24(21)30)18-5-3-4-17(27)13-18/h3-13,22,29H,1-2H3/b23-21-. The number of Topliss-reactive ketones (excluding diaryl/α,β-unsaturated/α-hetero) is 1. The molecule has 0 bridgehead atoms. The quantitative estimate of drug-likeness (QED) is 0.326. The van der Waals surface area contributed by atoms with Crippen molar-refractivity contribution >= 4 is 34.7 Å². The number of rotatable bonds is 4. The number of anilines is 1. The Morgan fingerprint density at radius 1 is 1.06 bits per heavy atom. The van der Waals surface area contributed by atoms with Crippen LogP contribution < -0.4 is 9.64 Å². The molecular formula is C25H19ClFNO4. The van der Waals surface area contributed by atoms with Crippen LogP contribution in [0.5, 0.6) is 5.75 Å². The van der Waals surface area contributed by atoms with E-state index in [-0.39, 0.29) is 17.0 Å². The van der Waals surface area contributed by atoms with Gasteiger partial charge in [0.1, 0.15) is 17.3 Å². The predicted octanol–water partition coefficient (Wildman–Crippen LogP) is 5.42. The molecular weight excluding hydrogens is 433 g/mol. The monoisotopic (exact) mass is 451 g/mol. The van der Waals surface area contributed by atoms with Crippen molar-refractivity contribution in [3.63, 3.8) is 0 Å². The maximum atomic E-state index is 14.0. The molecule has 7 heteroatoms. The average molecular weight is 452 g/mol. The summed E-state index contributed by atoms with van der Waals surface area (Å²) in [5.74, 6) is -1.99. The van der Waals surface area contributed by atoms with Crippen LogP contribution in [0.3, 0.4) is 0 Å². The number of amides is 1. The van der Waals surface area contributed by atoms with Crippen molar-refractivity contribution in [3.8, 4) is 5.75 Å². The second-order valence-corrected chi connectivity index (χ2v) is 7.82. The van der Waals surface area contributed by atoms with Gasteiger partial charge in [0.2, 0.25) is 0 Å². The minimum Gasteiger partial charge on any atom is -0.507 e. The highest BCUT2D eigenvalue weighted by Crippen LogP contribution is 2.43. The Hall–Kier alpha value is -3.64. The fourth-order valence-electron chi connectivity index (χ4n) is 3.86. The average Bonchev–Trinajstić information content (AvgIpc) is 3.04. The number of ketones is 1. The van der Waals surface area contributed by atoms with Crippen LogP contribution in [-0.2, 0) is 9.59 Å². The molecule has 162 valence electrons. The van der Waals surface area contributed by atoms with Crippen molar-refractivity contribution in [2.45, 2.75) is 13.0 Å². The van der Waals surface area contributed by atoms with E-state index in [9.17, 15) is 19.1 Å². The SMILES string of the molecule is COc1ccc(/C(O)=C2/C(=O)C(=O)N(c3cccc(F)c3)C2c2ccc(Cl)cc2)c(C)c1. The van der Waals surface area contributed by atoms with Gasteiger partial charge in [-0.1, -0.05) is 29.8 Å². The second-order valence-electron chi connectivity index (χ2n) is 7.38. The zero-order chi connectivity index (χ0) is 23.0. The molecule has 3 aromatic carbocycles. The van der Waals surface area contributed by atoms with Crippen molar-refractivity contribution in [3.05, 3.63) is 99.8 Å². The maximum Gasteiger partial charge on any atom is 0.300 e. The summed E-state index contributed by atoms with van der Waals surface area (Å²) >= 11 is 6.02. The smallest absolute Gasteiger partial charge is 0.300 e. The Balaban J connectivity index is 1.95. The van der Waals surface area contributed by atoms with Crippen LogP contribution in [0.4, 0.5) is 10.1 Å². The van der Waals surface area contributed by atoms with Gasteiger partial charge in [-0.3, -0.25) is 14.5 Å². The van der Waals surface area contributed by atoms with Gasteiger partial charge in [0, 0.05) is 16.3 Å². The van der Waals surface area contributed by atoms with Crippen molar-refractivity contribution in [2.24, 2.45) is 0 Å². The lowest BCUT2D eigenvalue weighted by Gasteiger charge is -2.25. The lowest BCUT2D eigenvalue weighted by molar-refractivity contribution is -0.132. The second kappa shape index (κ2) is 8.48. The number of hydrogen-bond acceptors (Lipinski definition) is 4. The molecule has 0 saturated carbocycles. The van der Waals surface area contributed by atoms with E-state index in [4.69, 9.17) is 16.3 Å². The Labute approximate surface area is 189 Å². The van der Waals surface area contributed by atoms with E-state index >= 15 is 0 Å². The third kappa shape index (κ3) is 3.74. The third-order valence-electron chi connectivity index (χ3n) is 5.41. The van der Waals surface area contributed by atoms with Crippen molar-refractivity contribution in [1.29, 1.82) is 0 Å². The highest BCUT2D eigenvalue weighted by atomic mass is 35.5. The van der Waals surface area contributed by atoms with Gasteiger partial charge in [-0.05, 0) is 66.6 Å². The Bertz CT molecular complexity index is 1250. The van der Waals surface area contributed by atoms with E-state index in [1.165, 1.54) is 36.3 Å². The molecule has 0 aromatic heterocycles. The molecule has 1 unspecified atom stereocenters. The van der Waals surface area contributed by atoms with Gasteiger partial charge in [-0.2, -0.15) is 0 Å². The summed E-state index contributed by atoms with van der Waals surface area (Å²) in [5.41, 5.74) is 1.72. The van der Waals surface area contributed by atoms with Gasteiger partial charge in [0.15, 0.2) is 0 Å². The summed E-state index contributed by atoms with van der Waals surface area (Å²) < 4.78 is 19.2. The summed E-state index contributed by atoms with van der Waals surface area (Å²) in [7, 11) is 1.53. The molecule has 0 radical (unpaired) electrons. The minimum atomic E-state index is -0.962. The number of methoxy groups -OCH3 is 1. The molecule has 32 heavy (non-hydrogen) atoms. The predicted molar refractivity (Wildman–Crippen MR) is 120 cm³/mol. The number of hydrogen-bond donors (Lipinski definition) is 1. The molecule has 1 amide bonds. The van der Waals surface area contributed by atoms with Crippen molar-refractivity contribution in [2.75, 3.05) is 12.0 Å². The van der Waals surface area contributed by atoms with Crippen LogP contribution in [0.15, 0.2) is 72.3 Å². The number of carbonyl (C=O) groups is 2. The van der Waals surface area contributed by atoms with E-state index in [0.29, 0.717) is 27.5 Å². The van der Waals surface area contributed by atoms with Gasteiger partial charge < -0.3 is 9.84 Å². The zero-order valence-electron chi connectivity index (χ0n) is 17.3. The lowest BCUT2D eigenvalue weighted by Crippen LogP contribution is -2.29. The number of halogens is 2. The normalized spacial score (nSPS) is 17.6. The molecule has 1 heterocycles. The zero-order valence-corrected chi connectivity index (χ0v) is 18.1. The number of aliphatic hydroxyl groups excluding tert-OH is 1. The van der Waals surface area contributed by atoms with Crippen LogP contribution in [0, 0.1) is 12.7 Å². The molecule has 5 nitrogen and oxygen atoms in total. The van der Waals surface area contributed by atoms with E-state index < -0.39 is 23.5 Å². The molecule has 1 atom stereocenters. The number of benzene rings is 3. The van der Waals surface area contributed by atoms with Gasteiger partial charge in [-0.15, -0.1) is 0 Å². The fraction of sp³-hybridized carbons (Fsp3) is 0.120. The number of aryl methyl sites for hydroxylation is 1. The number of nitrogens with zero attached hydrogens (tertiary/aromatic N) is 1. The van der Waals surface area contributed by atoms with E-state index in [0.717, 1.165) is 0 Å². The fourth-order valence-corrected chi connectivity index (χ4v) is 3.99. The van der Waals surface area contributed by atoms with E-state index in [1.807, 2.05) is 0 Å². The number of ether oxygens (including phenoxy) is 1. The van der Waals surface area contributed by atoms with Crippen LogP contribution in [0.1, 0.15) is 22.7 Å². The summed E-state index contributed by atoms with van der Waals surface area (Å²) in [4.78, 5) is 27.4. The largest absolute Gasteiger partial charge is 0.507 e. The first-order chi connectivity index (χ1) is 15.3. The molecule has 0 spiro atoms. The Morgan fingerprint density at radius 3 is 2.41 bits per heavy atom. The molecule has 1 N–H and O–H groups in total. The summed E-state index contributed by atoms with van der Waals surface area (Å²) in [6.45, 7) is 1.76. The lowest BCUT2D eigenvalue weighted by atomic mass is 9.93. The van der Waals surface area contributed by atoms with Gasteiger partial charge in [0.25, 0.3) is 11.7 Å². The highest BCUT2D eigenvalue weighted by Gasteiger charge is 2.47. The third-order valence-corrected chi connectivity index (χ3v) is 5.66. The molecule has 1 aliphatic rings. The summed E-state index contributed by atoms with van der Waals surface area (Å²) in [6.07, 6.45) is 0. The van der Waals surface area contributed by atoms with Crippen LogP contribution in [-0.4, -0.2) is 23.9 Å². The topological polar surface area (TPSA) is 66.8 Å². The maximum absolute atomic E-state index is 14.0. The van der Waals surface area contributed by atoms with Crippen LogP contribution in [0.2, 0.25) is 5.02 Å². The summed E-state index contributed by atoms with van der Waals surface area (Å²) in [5, 5.41) is 11.7. The summed E-state index contributed by atoms with van der Waals surface area (Å²) in [6, 6.07) is 16.0. The molecule has 1 fully saturated rings. The number of carbonyl (C=O) groups excluding carboxylic acids is 2. The minimum absolute atomic E-state index is 0.0881. The van der Waals surface area contributed by atoms with E-state index in [1.54, 1.807) is 49.4 Å². The molecule has 1 saturated heterocycles. The van der Waals surface area contributed by atoms with Crippen molar-refractivity contribution in [1.82, 2.24) is 0 Å². The number of aliphatic hydroxyl groups is 1.